The van der Waals surface area contributed by atoms with Crippen LogP contribution >= 0.6 is 0 Å². The number of aliphatic hydroxyl groups is 2. The summed E-state index contributed by atoms with van der Waals surface area (Å²) in [5, 5.41) is 21.5. The quantitative estimate of drug-likeness (QED) is 0.777. The number of nitrogens with one attached hydrogen (secondary N) is 1. The molecule has 1 saturated heterocycles. The fraction of sp³-hybridized carbons (Fsp3) is 0.533. The van der Waals surface area contributed by atoms with Crippen molar-refractivity contribution < 1.29 is 15.0 Å². The van der Waals surface area contributed by atoms with Crippen LogP contribution in [0.4, 0.5) is 11.4 Å². The number of amides is 1. The summed E-state index contributed by atoms with van der Waals surface area (Å²) < 4.78 is 0. The molecule has 3 N–H and O–H groups in total. The second-order valence-electron chi connectivity index (χ2n) is 5.63. The van der Waals surface area contributed by atoms with Crippen LogP contribution in [0.15, 0.2) is 18.2 Å². The maximum atomic E-state index is 11.5. The zero-order valence-electron chi connectivity index (χ0n) is 11.4. The number of hydrogen-bond acceptors (Lipinski definition) is 4. The van der Waals surface area contributed by atoms with Gasteiger partial charge < -0.3 is 20.4 Å². The molecule has 0 aliphatic carbocycles. The van der Waals surface area contributed by atoms with Crippen LogP contribution in [0, 0.1) is 5.92 Å². The summed E-state index contributed by atoms with van der Waals surface area (Å²) in [5.41, 5.74) is 2.44. The van der Waals surface area contributed by atoms with Crippen molar-refractivity contribution in [2.75, 3.05) is 29.9 Å². The molecule has 0 spiro atoms. The Kier molecular flexibility index (Phi) is 3.63. The molecule has 2 atom stereocenters. The number of benzene rings is 1. The Morgan fingerprint density at radius 3 is 3.05 bits per heavy atom. The highest BCUT2D eigenvalue weighted by Gasteiger charge is 2.29. The molecule has 2 aliphatic rings. The van der Waals surface area contributed by atoms with Crippen LogP contribution < -0.4 is 10.2 Å². The van der Waals surface area contributed by atoms with Gasteiger partial charge in [0.15, 0.2) is 6.10 Å². The number of nitrogens with zero attached hydrogens (tertiary/aromatic N) is 1. The van der Waals surface area contributed by atoms with E-state index in [4.69, 9.17) is 5.11 Å². The first-order chi connectivity index (χ1) is 9.69. The summed E-state index contributed by atoms with van der Waals surface area (Å²) in [6, 6.07) is 5.72. The van der Waals surface area contributed by atoms with Crippen molar-refractivity contribution >= 4 is 17.3 Å². The average molecular weight is 276 g/mol. The van der Waals surface area contributed by atoms with E-state index < -0.39 is 6.10 Å². The molecule has 20 heavy (non-hydrogen) atoms. The summed E-state index contributed by atoms with van der Waals surface area (Å²) in [7, 11) is 0. The minimum atomic E-state index is -1.04. The molecule has 1 amide bonds. The van der Waals surface area contributed by atoms with Gasteiger partial charge in [-0.05, 0) is 37.3 Å². The molecular weight excluding hydrogens is 256 g/mol. The molecule has 3 rings (SSSR count). The SMILES string of the molecule is O=C1Nc2cc(N3CCCC(CCO)C3)ccc2C1O. The van der Waals surface area contributed by atoms with Crippen molar-refractivity contribution in [3.63, 3.8) is 0 Å². The Hall–Kier alpha value is -1.59. The first kappa shape index (κ1) is 13.4. The lowest BCUT2D eigenvalue weighted by Gasteiger charge is -2.34. The fourth-order valence-electron chi connectivity index (χ4n) is 3.15. The first-order valence-corrected chi connectivity index (χ1v) is 7.17. The molecule has 0 radical (unpaired) electrons. The van der Waals surface area contributed by atoms with Gasteiger partial charge >= 0.3 is 0 Å². The largest absolute Gasteiger partial charge is 0.396 e. The van der Waals surface area contributed by atoms with Gasteiger partial charge in [0.1, 0.15) is 0 Å². The fourth-order valence-corrected chi connectivity index (χ4v) is 3.15. The van der Waals surface area contributed by atoms with Gasteiger partial charge in [0.05, 0.1) is 0 Å². The van der Waals surface area contributed by atoms with E-state index in [1.165, 1.54) is 0 Å². The van der Waals surface area contributed by atoms with E-state index in [-0.39, 0.29) is 12.5 Å². The predicted molar refractivity (Wildman–Crippen MR) is 76.7 cm³/mol. The van der Waals surface area contributed by atoms with Gasteiger partial charge in [0.25, 0.3) is 5.91 Å². The van der Waals surface area contributed by atoms with Crippen LogP contribution in [0.25, 0.3) is 0 Å². The standard InChI is InChI=1S/C15H20N2O3/c18-7-5-10-2-1-6-17(9-10)11-3-4-12-13(8-11)16-15(20)14(12)19/h3-4,8,10,14,18-19H,1-2,5-7,9H2,(H,16,20). The van der Waals surface area contributed by atoms with Crippen LogP contribution in [0.5, 0.6) is 0 Å². The topological polar surface area (TPSA) is 72.8 Å². The van der Waals surface area contributed by atoms with Crippen LogP contribution in [0.3, 0.4) is 0 Å². The number of hydrogen-bond donors (Lipinski definition) is 3. The van der Waals surface area contributed by atoms with Gasteiger partial charge in [0.2, 0.25) is 0 Å². The third-order valence-corrected chi connectivity index (χ3v) is 4.26. The summed E-state index contributed by atoms with van der Waals surface area (Å²) in [6.07, 6.45) is 2.09. The third kappa shape index (κ3) is 2.39. The molecule has 1 aromatic carbocycles. The first-order valence-electron chi connectivity index (χ1n) is 7.17. The highest BCUT2D eigenvalue weighted by atomic mass is 16.3. The normalized spacial score (nSPS) is 25.5. The number of aliphatic hydroxyl groups excluding tert-OH is 2. The lowest BCUT2D eigenvalue weighted by Crippen LogP contribution is -2.35. The molecule has 108 valence electrons. The van der Waals surface area contributed by atoms with E-state index in [2.05, 4.69) is 10.2 Å². The Labute approximate surface area is 118 Å². The minimum Gasteiger partial charge on any atom is -0.396 e. The summed E-state index contributed by atoms with van der Waals surface area (Å²) >= 11 is 0. The van der Waals surface area contributed by atoms with Crippen molar-refractivity contribution in [3.05, 3.63) is 23.8 Å². The van der Waals surface area contributed by atoms with Crippen molar-refractivity contribution in [2.24, 2.45) is 5.92 Å². The molecule has 5 heteroatoms. The van der Waals surface area contributed by atoms with Gasteiger partial charge in [-0.25, -0.2) is 0 Å². The highest BCUT2D eigenvalue weighted by molar-refractivity contribution is 6.02. The highest BCUT2D eigenvalue weighted by Crippen LogP contribution is 2.35. The monoisotopic (exact) mass is 276 g/mol. The Morgan fingerprint density at radius 1 is 1.40 bits per heavy atom. The summed E-state index contributed by atoms with van der Waals surface area (Å²) in [5.74, 6) is 0.177. The van der Waals surface area contributed by atoms with E-state index in [9.17, 15) is 9.90 Å². The Balaban J connectivity index is 1.78. The second kappa shape index (κ2) is 5.42. The van der Waals surface area contributed by atoms with E-state index in [1.807, 2.05) is 18.2 Å². The number of piperidine rings is 1. The minimum absolute atomic E-state index is 0.241. The molecule has 1 fully saturated rings. The van der Waals surface area contributed by atoms with Crippen LogP contribution in [-0.2, 0) is 4.79 Å². The van der Waals surface area contributed by atoms with Gasteiger partial charge in [-0.15, -0.1) is 0 Å². The Bertz CT molecular complexity index is 516. The van der Waals surface area contributed by atoms with Gasteiger partial charge in [-0.1, -0.05) is 6.07 Å². The van der Waals surface area contributed by atoms with E-state index >= 15 is 0 Å². The lowest BCUT2D eigenvalue weighted by molar-refractivity contribution is -0.123. The van der Waals surface area contributed by atoms with Crippen LogP contribution in [0.2, 0.25) is 0 Å². The maximum Gasteiger partial charge on any atom is 0.257 e. The van der Waals surface area contributed by atoms with Crippen molar-refractivity contribution in [1.29, 1.82) is 0 Å². The second-order valence-corrected chi connectivity index (χ2v) is 5.63. The number of anilines is 2. The van der Waals surface area contributed by atoms with Gasteiger partial charge in [-0.3, -0.25) is 4.79 Å². The van der Waals surface area contributed by atoms with E-state index in [0.717, 1.165) is 38.0 Å². The Morgan fingerprint density at radius 2 is 2.25 bits per heavy atom. The molecule has 5 nitrogen and oxygen atoms in total. The molecule has 0 bridgehead atoms. The number of fused-ring (bicyclic) bond motifs is 1. The molecule has 2 aliphatic heterocycles. The molecule has 0 aromatic heterocycles. The zero-order chi connectivity index (χ0) is 14.1. The predicted octanol–water partition coefficient (Wildman–Crippen LogP) is 1.27. The maximum absolute atomic E-state index is 11.5. The molecule has 2 unspecified atom stereocenters. The summed E-state index contributed by atoms with van der Waals surface area (Å²) in [4.78, 5) is 13.7. The molecule has 2 heterocycles. The van der Waals surface area contributed by atoms with Crippen molar-refractivity contribution in [1.82, 2.24) is 0 Å². The molecule has 1 aromatic rings. The summed E-state index contributed by atoms with van der Waals surface area (Å²) in [6.45, 7) is 2.18. The molecular formula is C15H20N2O3. The lowest BCUT2D eigenvalue weighted by atomic mass is 9.94. The molecule has 0 saturated carbocycles. The van der Waals surface area contributed by atoms with Crippen molar-refractivity contribution in [2.45, 2.75) is 25.4 Å². The van der Waals surface area contributed by atoms with Crippen LogP contribution in [0.1, 0.15) is 30.9 Å². The number of carbonyl (C=O) groups excluding carboxylic acids is 1. The smallest absolute Gasteiger partial charge is 0.257 e. The van der Waals surface area contributed by atoms with Crippen LogP contribution in [-0.4, -0.2) is 35.8 Å². The van der Waals surface area contributed by atoms with Crippen molar-refractivity contribution in [3.8, 4) is 0 Å². The van der Waals surface area contributed by atoms with Gasteiger partial charge in [0, 0.05) is 36.6 Å². The zero-order valence-corrected chi connectivity index (χ0v) is 11.4. The third-order valence-electron chi connectivity index (χ3n) is 4.26. The van der Waals surface area contributed by atoms with E-state index in [0.29, 0.717) is 17.2 Å². The number of carbonyl (C=O) groups is 1. The van der Waals surface area contributed by atoms with Gasteiger partial charge in [-0.2, -0.15) is 0 Å². The van der Waals surface area contributed by atoms with E-state index in [1.54, 1.807) is 0 Å². The average Bonchev–Trinajstić information content (AvgIpc) is 2.74. The number of rotatable bonds is 3.